The summed E-state index contributed by atoms with van der Waals surface area (Å²) in [5.74, 6) is -1.07. The Balaban J connectivity index is 2.06. The highest BCUT2D eigenvalue weighted by Crippen LogP contribution is 2.32. The van der Waals surface area contributed by atoms with Gasteiger partial charge >= 0.3 is 0 Å². The first-order chi connectivity index (χ1) is 20.3. The van der Waals surface area contributed by atoms with Crippen LogP contribution in [0.3, 0.4) is 0 Å². The van der Waals surface area contributed by atoms with Gasteiger partial charge in [0.2, 0.25) is 11.8 Å². The zero-order valence-corrected chi connectivity index (χ0v) is 26.8. The molecule has 0 aliphatic carbocycles. The van der Waals surface area contributed by atoms with Crippen molar-refractivity contribution < 1.29 is 31.9 Å². The average molecular weight is 655 g/mol. The predicted molar refractivity (Wildman–Crippen MR) is 165 cm³/mol. The van der Waals surface area contributed by atoms with Gasteiger partial charge in [0, 0.05) is 19.2 Å². The van der Waals surface area contributed by atoms with Crippen molar-refractivity contribution in [1.29, 1.82) is 0 Å². The van der Waals surface area contributed by atoms with Gasteiger partial charge in [-0.25, -0.2) is 12.8 Å². The fourth-order valence-corrected chi connectivity index (χ4v) is 5.86. The third-order valence-electron chi connectivity index (χ3n) is 6.53. The van der Waals surface area contributed by atoms with Crippen molar-refractivity contribution in [2.24, 2.45) is 5.92 Å². The van der Waals surface area contributed by atoms with Crippen LogP contribution in [0, 0.1) is 11.7 Å². The molecule has 2 amide bonds. The first-order valence-electron chi connectivity index (χ1n) is 13.3. The fourth-order valence-electron chi connectivity index (χ4n) is 4.11. The van der Waals surface area contributed by atoms with Crippen LogP contribution < -0.4 is 19.1 Å². The highest BCUT2D eigenvalue weighted by Gasteiger charge is 2.33. The summed E-state index contributed by atoms with van der Waals surface area (Å²) < 4.78 is 53.2. The molecule has 0 aliphatic heterocycles. The number of nitrogens with one attached hydrogen (secondary N) is 1. The highest BCUT2D eigenvalue weighted by molar-refractivity contribution is 7.92. The average Bonchev–Trinajstić information content (AvgIpc) is 2.98. The van der Waals surface area contributed by atoms with E-state index in [0.717, 1.165) is 16.4 Å². The van der Waals surface area contributed by atoms with Crippen LogP contribution in [0.25, 0.3) is 0 Å². The van der Waals surface area contributed by atoms with Crippen molar-refractivity contribution in [2.75, 3.05) is 31.6 Å². The van der Waals surface area contributed by atoms with Crippen LogP contribution in [0.2, 0.25) is 10.0 Å². The molecule has 1 atom stereocenters. The Morgan fingerprint density at radius 1 is 0.907 bits per heavy atom. The van der Waals surface area contributed by atoms with Gasteiger partial charge in [-0.2, -0.15) is 0 Å². The molecule has 232 valence electrons. The monoisotopic (exact) mass is 653 g/mol. The molecule has 0 saturated heterocycles. The Hall–Kier alpha value is -3.54. The second-order valence-corrected chi connectivity index (χ2v) is 12.8. The Kier molecular flexibility index (Phi) is 11.7. The molecule has 3 aromatic rings. The summed E-state index contributed by atoms with van der Waals surface area (Å²) in [7, 11) is -1.64. The van der Waals surface area contributed by atoms with E-state index in [2.05, 4.69) is 5.32 Å². The molecule has 0 saturated carbocycles. The van der Waals surface area contributed by atoms with Crippen LogP contribution in [-0.4, -0.2) is 58.5 Å². The van der Waals surface area contributed by atoms with Crippen LogP contribution in [0.5, 0.6) is 11.5 Å². The van der Waals surface area contributed by atoms with Crippen molar-refractivity contribution >= 4 is 50.7 Å². The fraction of sp³-hybridized carbons (Fsp3) is 0.333. The first-order valence-corrected chi connectivity index (χ1v) is 15.5. The summed E-state index contributed by atoms with van der Waals surface area (Å²) in [6.45, 7) is 5.03. The summed E-state index contributed by atoms with van der Waals surface area (Å²) in [4.78, 5) is 28.2. The lowest BCUT2D eigenvalue weighted by atomic mass is 10.1. The van der Waals surface area contributed by atoms with Crippen LogP contribution in [0.15, 0.2) is 65.6 Å². The van der Waals surface area contributed by atoms with Gasteiger partial charge in [-0.3, -0.25) is 13.9 Å². The van der Waals surface area contributed by atoms with E-state index in [9.17, 15) is 22.4 Å². The van der Waals surface area contributed by atoms with E-state index in [1.165, 1.54) is 49.5 Å². The van der Waals surface area contributed by atoms with E-state index < -0.39 is 40.2 Å². The van der Waals surface area contributed by atoms with Gasteiger partial charge in [-0.1, -0.05) is 43.1 Å². The molecule has 0 heterocycles. The van der Waals surface area contributed by atoms with Crippen molar-refractivity contribution in [3.8, 4) is 11.5 Å². The molecule has 13 heteroatoms. The van der Waals surface area contributed by atoms with Gasteiger partial charge in [0.05, 0.1) is 34.8 Å². The van der Waals surface area contributed by atoms with Crippen LogP contribution >= 0.6 is 23.2 Å². The molecule has 0 radical (unpaired) electrons. The van der Waals surface area contributed by atoms with Crippen molar-refractivity contribution in [3.63, 3.8) is 0 Å². The van der Waals surface area contributed by atoms with Crippen molar-refractivity contribution in [2.45, 2.75) is 38.3 Å². The van der Waals surface area contributed by atoms with Crippen molar-refractivity contribution in [3.05, 3.63) is 82.1 Å². The Morgan fingerprint density at radius 2 is 1.56 bits per heavy atom. The minimum absolute atomic E-state index is 0.0379. The number of anilines is 1. The highest BCUT2D eigenvalue weighted by atomic mass is 35.5. The molecular formula is C30H34Cl2FN3O6S. The van der Waals surface area contributed by atoms with E-state index >= 15 is 0 Å². The number of carbonyl (C=O) groups is 2. The number of ether oxygens (including phenoxy) is 2. The number of rotatable bonds is 13. The number of carbonyl (C=O) groups excluding carboxylic acids is 2. The smallest absolute Gasteiger partial charge is 0.264 e. The first kappa shape index (κ1) is 34.0. The van der Waals surface area contributed by atoms with Gasteiger partial charge < -0.3 is 19.7 Å². The predicted octanol–water partition coefficient (Wildman–Crippen LogP) is 5.53. The second-order valence-electron chi connectivity index (χ2n) is 10.1. The quantitative estimate of drug-likeness (QED) is 0.260. The van der Waals surface area contributed by atoms with Gasteiger partial charge in [-0.15, -0.1) is 0 Å². The van der Waals surface area contributed by atoms with Gasteiger partial charge in [0.15, 0.2) is 11.5 Å². The molecule has 3 aromatic carbocycles. The third-order valence-corrected chi connectivity index (χ3v) is 9.03. The number of sulfonamides is 1. The topological polar surface area (TPSA) is 105 Å². The molecule has 0 fully saturated rings. The van der Waals surface area contributed by atoms with Gasteiger partial charge in [-0.05, 0) is 66.9 Å². The molecule has 3 rings (SSSR count). The number of nitrogens with zero attached hydrogens (tertiary/aromatic N) is 2. The minimum atomic E-state index is -4.42. The van der Waals surface area contributed by atoms with Crippen LogP contribution in [-0.2, 0) is 26.2 Å². The number of halogens is 3. The number of hydrogen-bond donors (Lipinski definition) is 1. The maximum absolute atomic E-state index is 14.0. The number of benzene rings is 3. The van der Waals surface area contributed by atoms with E-state index in [0.29, 0.717) is 22.9 Å². The third kappa shape index (κ3) is 8.52. The maximum atomic E-state index is 14.0. The molecule has 1 N–H and O–H groups in total. The van der Waals surface area contributed by atoms with Gasteiger partial charge in [0.25, 0.3) is 10.0 Å². The molecule has 0 unspecified atom stereocenters. The van der Waals surface area contributed by atoms with Gasteiger partial charge in [0.1, 0.15) is 18.4 Å². The SMILES string of the molecule is COc1ccc(S(=O)(=O)N(CC(=O)N(Cc2ccc(Cl)c(Cl)c2)[C@@H](C)C(=O)NCC(C)C)c2ccc(F)cc2)cc1OC. The molecule has 0 aromatic heterocycles. The lowest BCUT2D eigenvalue weighted by Gasteiger charge is -2.32. The summed E-state index contributed by atoms with van der Waals surface area (Å²) in [5, 5.41) is 3.39. The lowest BCUT2D eigenvalue weighted by molar-refractivity contribution is -0.139. The summed E-state index contributed by atoms with van der Waals surface area (Å²) in [5.41, 5.74) is 0.610. The maximum Gasteiger partial charge on any atom is 0.264 e. The van der Waals surface area contributed by atoms with Crippen molar-refractivity contribution in [1.82, 2.24) is 10.2 Å². The molecule has 9 nitrogen and oxygen atoms in total. The molecule has 0 aliphatic rings. The summed E-state index contributed by atoms with van der Waals surface area (Å²) >= 11 is 12.3. The lowest BCUT2D eigenvalue weighted by Crippen LogP contribution is -2.51. The zero-order chi connectivity index (χ0) is 31.9. The molecular weight excluding hydrogens is 620 g/mol. The Labute approximate surface area is 261 Å². The van der Waals surface area contributed by atoms with E-state index in [1.54, 1.807) is 25.1 Å². The normalized spacial score (nSPS) is 12.0. The second kappa shape index (κ2) is 14.8. The molecule has 0 spiro atoms. The molecule has 0 bridgehead atoms. The standard InChI is InChI=1S/C30H34Cl2FN3O6S/c1-19(2)16-34-30(38)20(3)35(17-21-6-12-25(31)26(32)14-21)29(37)18-36(23-9-7-22(33)8-10-23)43(39,40)24-11-13-27(41-4)28(15-24)42-5/h6-15,19-20H,16-18H2,1-5H3,(H,34,38)/t20-/m0/s1. The van der Waals surface area contributed by atoms with Crippen LogP contribution in [0.1, 0.15) is 26.3 Å². The minimum Gasteiger partial charge on any atom is -0.493 e. The Bertz CT molecular complexity index is 1550. The largest absolute Gasteiger partial charge is 0.493 e. The Morgan fingerprint density at radius 3 is 2.14 bits per heavy atom. The molecule has 43 heavy (non-hydrogen) atoms. The number of methoxy groups -OCH3 is 2. The summed E-state index contributed by atoms with van der Waals surface area (Å²) in [6, 6.07) is 12.5. The van der Waals surface area contributed by atoms with E-state index in [-0.39, 0.29) is 33.8 Å². The number of hydrogen-bond acceptors (Lipinski definition) is 6. The zero-order valence-electron chi connectivity index (χ0n) is 24.4. The summed E-state index contributed by atoms with van der Waals surface area (Å²) in [6.07, 6.45) is 0. The number of amides is 2. The van der Waals surface area contributed by atoms with Crippen LogP contribution in [0.4, 0.5) is 10.1 Å². The van der Waals surface area contributed by atoms with E-state index in [1.807, 2.05) is 13.8 Å². The van der Waals surface area contributed by atoms with E-state index in [4.69, 9.17) is 32.7 Å².